The summed E-state index contributed by atoms with van der Waals surface area (Å²) in [6.45, 7) is 7.62. The Morgan fingerprint density at radius 2 is 1.71 bits per heavy atom. The Morgan fingerprint density at radius 3 is 2.29 bits per heavy atom. The Bertz CT molecular complexity index is 652. The van der Waals surface area contributed by atoms with Gasteiger partial charge in [-0.05, 0) is 56.5 Å². The number of hydrogen-bond acceptors (Lipinski definition) is 2. The second-order valence-electron chi connectivity index (χ2n) is 5.53. The first kappa shape index (κ1) is 15.3. The van der Waals surface area contributed by atoms with Gasteiger partial charge in [-0.1, -0.05) is 29.8 Å². The van der Waals surface area contributed by atoms with E-state index in [9.17, 15) is 9.90 Å². The topological polar surface area (TPSA) is 49.3 Å². The zero-order valence-electron chi connectivity index (χ0n) is 12.9. The number of carbonyl (C=O) groups is 1. The van der Waals surface area contributed by atoms with E-state index in [2.05, 4.69) is 5.32 Å². The van der Waals surface area contributed by atoms with E-state index in [-0.39, 0.29) is 5.91 Å². The van der Waals surface area contributed by atoms with Crippen LogP contribution >= 0.6 is 0 Å². The minimum Gasteiger partial charge on any atom is -0.389 e. The predicted molar refractivity (Wildman–Crippen MR) is 85.7 cm³/mol. The van der Waals surface area contributed by atoms with Crippen molar-refractivity contribution in [3.05, 3.63) is 64.2 Å². The van der Waals surface area contributed by atoms with Crippen LogP contribution < -0.4 is 5.32 Å². The number of nitrogens with one attached hydrogen (secondary N) is 1. The van der Waals surface area contributed by atoms with Crippen LogP contribution in [0, 0.1) is 20.8 Å². The Labute approximate surface area is 125 Å². The van der Waals surface area contributed by atoms with Crippen molar-refractivity contribution in [1.29, 1.82) is 0 Å². The summed E-state index contributed by atoms with van der Waals surface area (Å²) in [4.78, 5) is 12.5. The molecule has 2 rings (SSSR count). The molecule has 1 atom stereocenters. The molecule has 2 N–H and O–H groups in total. The molecular weight excluding hydrogens is 262 g/mol. The first-order valence-corrected chi connectivity index (χ1v) is 7.05. The minimum absolute atomic E-state index is 0.118. The fraction of sp³-hybridized carbons (Fsp3) is 0.278. The van der Waals surface area contributed by atoms with Gasteiger partial charge >= 0.3 is 0 Å². The molecule has 0 aliphatic rings. The molecule has 0 fully saturated rings. The van der Waals surface area contributed by atoms with Crippen LogP contribution in [0.1, 0.15) is 45.6 Å². The lowest BCUT2D eigenvalue weighted by molar-refractivity contribution is 0.102. The number of aliphatic hydroxyl groups excluding tert-OH is 1. The van der Waals surface area contributed by atoms with Crippen molar-refractivity contribution in [3.63, 3.8) is 0 Å². The summed E-state index contributed by atoms with van der Waals surface area (Å²) in [7, 11) is 0. The lowest BCUT2D eigenvalue weighted by Crippen LogP contribution is -2.15. The normalized spacial score (nSPS) is 12.0. The smallest absolute Gasteiger partial charge is 0.256 e. The van der Waals surface area contributed by atoms with Crippen molar-refractivity contribution in [1.82, 2.24) is 0 Å². The lowest BCUT2D eigenvalue weighted by atomic mass is 9.99. The molecule has 0 aromatic heterocycles. The Kier molecular flexibility index (Phi) is 4.43. The Balaban J connectivity index is 2.28. The molecule has 0 radical (unpaired) electrons. The van der Waals surface area contributed by atoms with Gasteiger partial charge in [0.15, 0.2) is 0 Å². The van der Waals surface area contributed by atoms with Crippen LogP contribution in [0.4, 0.5) is 5.69 Å². The van der Waals surface area contributed by atoms with Gasteiger partial charge in [0.1, 0.15) is 0 Å². The molecule has 2 aromatic carbocycles. The van der Waals surface area contributed by atoms with E-state index >= 15 is 0 Å². The highest BCUT2D eigenvalue weighted by Gasteiger charge is 2.13. The number of benzene rings is 2. The van der Waals surface area contributed by atoms with Gasteiger partial charge in [-0.15, -0.1) is 0 Å². The van der Waals surface area contributed by atoms with E-state index in [1.54, 1.807) is 13.0 Å². The van der Waals surface area contributed by atoms with Gasteiger partial charge in [0, 0.05) is 11.3 Å². The summed E-state index contributed by atoms with van der Waals surface area (Å²) in [5, 5.41) is 12.5. The van der Waals surface area contributed by atoms with Crippen LogP contribution in [0.25, 0.3) is 0 Å². The highest BCUT2D eigenvalue weighted by molar-refractivity contribution is 6.06. The average molecular weight is 283 g/mol. The van der Waals surface area contributed by atoms with Gasteiger partial charge in [0.05, 0.1) is 6.10 Å². The summed E-state index contributed by atoms with van der Waals surface area (Å²) in [5.74, 6) is -0.118. The molecule has 2 aromatic rings. The molecule has 21 heavy (non-hydrogen) atoms. The summed E-state index contributed by atoms with van der Waals surface area (Å²) in [6.07, 6.45) is -0.551. The zero-order valence-corrected chi connectivity index (χ0v) is 12.9. The fourth-order valence-electron chi connectivity index (χ4n) is 2.61. The maximum absolute atomic E-state index is 12.5. The lowest BCUT2D eigenvalue weighted by Gasteiger charge is -2.13. The third-order valence-corrected chi connectivity index (χ3v) is 3.53. The van der Waals surface area contributed by atoms with Crippen molar-refractivity contribution in [3.8, 4) is 0 Å². The number of rotatable bonds is 3. The quantitative estimate of drug-likeness (QED) is 0.897. The number of hydrogen-bond donors (Lipinski definition) is 2. The maximum Gasteiger partial charge on any atom is 0.256 e. The molecule has 0 saturated carbocycles. The van der Waals surface area contributed by atoms with E-state index in [0.717, 1.165) is 22.3 Å². The molecule has 0 spiro atoms. The number of carbonyl (C=O) groups excluding carboxylic acids is 1. The molecule has 0 saturated heterocycles. The largest absolute Gasteiger partial charge is 0.389 e. The third-order valence-electron chi connectivity index (χ3n) is 3.53. The molecule has 0 bridgehead atoms. The fourth-order valence-corrected chi connectivity index (χ4v) is 2.61. The van der Waals surface area contributed by atoms with Crippen molar-refractivity contribution < 1.29 is 9.90 Å². The van der Waals surface area contributed by atoms with Crippen molar-refractivity contribution in [2.24, 2.45) is 0 Å². The summed E-state index contributed by atoms with van der Waals surface area (Å²) >= 11 is 0. The Hall–Kier alpha value is -2.13. The van der Waals surface area contributed by atoms with Crippen LogP contribution in [0.2, 0.25) is 0 Å². The summed E-state index contributed by atoms with van der Waals surface area (Å²) in [6, 6.07) is 11.3. The molecule has 0 aliphatic heterocycles. The van der Waals surface area contributed by atoms with Crippen LogP contribution in [0.5, 0.6) is 0 Å². The minimum atomic E-state index is -0.551. The van der Waals surface area contributed by atoms with Gasteiger partial charge in [-0.2, -0.15) is 0 Å². The maximum atomic E-state index is 12.5. The van der Waals surface area contributed by atoms with Crippen LogP contribution in [0.3, 0.4) is 0 Å². The van der Waals surface area contributed by atoms with Gasteiger partial charge in [-0.25, -0.2) is 0 Å². The van der Waals surface area contributed by atoms with Crippen molar-refractivity contribution in [2.75, 3.05) is 5.32 Å². The van der Waals surface area contributed by atoms with E-state index < -0.39 is 6.10 Å². The Morgan fingerprint density at radius 1 is 1.10 bits per heavy atom. The molecule has 3 heteroatoms. The highest BCUT2D eigenvalue weighted by Crippen LogP contribution is 2.20. The van der Waals surface area contributed by atoms with Crippen LogP contribution in [-0.4, -0.2) is 11.0 Å². The second kappa shape index (κ2) is 6.10. The van der Waals surface area contributed by atoms with E-state index in [4.69, 9.17) is 0 Å². The molecule has 0 aliphatic carbocycles. The molecule has 1 unspecified atom stereocenters. The number of anilines is 1. The number of amides is 1. The third kappa shape index (κ3) is 3.50. The second-order valence-corrected chi connectivity index (χ2v) is 5.53. The number of aliphatic hydroxyl groups is 1. The van der Waals surface area contributed by atoms with Crippen LogP contribution in [0.15, 0.2) is 36.4 Å². The van der Waals surface area contributed by atoms with Gasteiger partial charge in [0.25, 0.3) is 5.91 Å². The van der Waals surface area contributed by atoms with E-state index in [1.807, 2.05) is 51.1 Å². The van der Waals surface area contributed by atoms with Crippen LogP contribution in [-0.2, 0) is 0 Å². The van der Waals surface area contributed by atoms with Crippen molar-refractivity contribution >= 4 is 11.6 Å². The van der Waals surface area contributed by atoms with Gasteiger partial charge in [-0.3, -0.25) is 4.79 Å². The molecule has 3 nitrogen and oxygen atoms in total. The van der Waals surface area contributed by atoms with Gasteiger partial charge < -0.3 is 10.4 Å². The predicted octanol–water partition coefficient (Wildman–Crippen LogP) is 3.92. The first-order chi connectivity index (χ1) is 9.88. The summed E-state index contributed by atoms with van der Waals surface area (Å²) < 4.78 is 0. The highest BCUT2D eigenvalue weighted by atomic mass is 16.3. The first-order valence-electron chi connectivity index (χ1n) is 7.05. The van der Waals surface area contributed by atoms with E-state index in [0.29, 0.717) is 11.3 Å². The number of aryl methyl sites for hydroxylation is 3. The monoisotopic (exact) mass is 283 g/mol. The average Bonchev–Trinajstić information content (AvgIpc) is 2.37. The zero-order chi connectivity index (χ0) is 15.6. The summed E-state index contributed by atoms with van der Waals surface area (Å²) in [5.41, 5.74) is 5.27. The van der Waals surface area contributed by atoms with Crippen molar-refractivity contribution in [2.45, 2.75) is 33.8 Å². The molecule has 1 amide bonds. The molecule has 110 valence electrons. The van der Waals surface area contributed by atoms with E-state index in [1.165, 1.54) is 0 Å². The molecule has 0 heterocycles. The SMILES string of the molecule is Cc1cc(C)c(C(=O)Nc2cccc(C(C)O)c2)c(C)c1. The molecular formula is C18H21NO2. The standard InChI is InChI=1S/C18H21NO2/c1-11-8-12(2)17(13(3)9-11)18(21)19-16-7-5-6-15(10-16)14(4)20/h5-10,14,20H,1-4H3,(H,19,21). The van der Waals surface area contributed by atoms with Gasteiger partial charge in [0.2, 0.25) is 0 Å².